The molecule has 0 fully saturated rings. The Morgan fingerprint density at radius 3 is 2.95 bits per heavy atom. The van der Waals surface area contributed by atoms with Gasteiger partial charge in [-0.1, -0.05) is 35.9 Å². The molecule has 1 aliphatic rings. The van der Waals surface area contributed by atoms with E-state index in [1.807, 2.05) is 12.1 Å². The molecule has 0 aliphatic carbocycles. The second kappa shape index (κ2) is 6.17. The second-order valence-electron chi connectivity index (χ2n) is 5.00. The summed E-state index contributed by atoms with van der Waals surface area (Å²) in [6, 6.07) is 15.8. The van der Waals surface area contributed by atoms with Crippen molar-refractivity contribution in [3.05, 3.63) is 64.2 Å². The lowest BCUT2D eigenvalue weighted by Gasteiger charge is -2.26. The van der Waals surface area contributed by atoms with Crippen molar-refractivity contribution in [2.24, 2.45) is 0 Å². The Hall–Kier alpha value is -2.02. The van der Waals surface area contributed by atoms with E-state index in [9.17, 15) is 0 Å². The number of rotatable bonds is 3. The van der Waals surface area contributed by atoms with Crippen LogP contribution in [0.2, 0.25) is 5.02 Å². The van der Waals surface area contributed by atoms with E-state index in [1.54, 1.807) is 12.1 Å². The molecule has 1 heterocycles. The third kappa shape index (κ3) is 3.02. The van der Waals surface area contributed by atoms with Crippen LogP contribution < -0.4 is 5.32 Å². The molecule has 1 N–H and O–H groups in total. The largest absolute Gasteiger partial charge is 0.382 e. The molecule has 3 nitrogen and oxygen atoms in total. The van der Waals surface area contributed by atoms with Gasteiger partial charge in [0.1, 0.15) is 6.07 Å². The zero-order chi connectivity index (χ0) is 14.7. The molecule has 2 aromatic rings. The molecule has 21 heavy (non-hydrogen) atoms. The van der Waals surface area contributed by atoms with E-state index >= 15 is 0 Å². The van der Waals surface area contributed by atoms with Crippen LogP contribution in [0.25, 0.3) is 0 Å². The first kappa shape index (κ1) is 13.9. The highest BCUT2D eigenvalue weighted by Gasteiger charge is 2.20. The first-order chi connectivity index (χ1) is 10.3. The van der Waals surface area contributed by atoms with E-state index in [0.29, 0.717) is 17.1 Å². The summed E-state index contributed by atoms with van der Waals surface area (Å²) in [5, 5.41) is 12.7. The maximum Gasteiger partial charge on any atom is 0.101 e. The van der Waals surface area contributed by atoms with Gasteiger partial charge in [0, 0.05) is 12.2 Å². The maximum atomic E-state index is 8.88. The van der Waals surface area contributed by atoms with Crippen molar-refractivity contribution in [2.75, 3.05) is 18.5 Å². The third-order valence-electron chi connectivity index (χ3n) is 3.67. The monoisotopic (exact) mass is 298 g/mol. The number of benzene rings is 2. The fraction of sp³-hybridized carbons (Fsp3) is 0.235. The van der Waals surface area contributed by atoms with Gasteiger partial charge in [0.2, 0.25) is 0 Å². The Bertz CT molecular complexity index is 693. The van der Waals surface area contributed by atoms with E-state index in [-0.39, 0.29) is 6.10 Å². The summed E-state index contributed by atoms with van der Waals surface area (Å²) in [5.74, 6) is 0. The van der Waals surface area contributed by atoms with Crippen molar-refractivity contribution < 1.29 is 4.74 Å². The fourth-order valence-electron chi connectivity index (χ4n) is 2.57. The lowest BCUT2D eigenvalue weighted by molar-refractivity contribution is 0.0513. The Balaban J connectivity index is 1.72. The number of nitrogens with zero attached hydrogens (tertiary/aromatic N) is 1. The quantitative estimate of drug-likeness (QED) is 0.933. The molecule has 0 saturated carbocycles. The molecule has 1 atom stereocenters. The van der Waals surface area contributed by atoms with Crippen LogP contribution >= 0.6 is 11.6 Å². The molecule has 0 saturated heterocycles. The highest BCUT2D eigenvalue weighted by Crippen LogP contribution is 2.28. The lowest BCUT2D eigenvalue weighted by Crippen LogP contribution is -2.22. The number of fused-ring (bicyclic) bond motifs is 1. The van der Waals surface area contributed by atoms with Gasteiger partial charge in [0.25, 0.3) is 0 Å². The first-order valence-electron chi connectivity index (χ1n) is 6.91. The van der Waals surface area contributed by atoms with Crippen LogP contribution in [0.1, 0.15) is 22.8 Å². The molecule has 1 aliphatic heterocycles. The minimum atomic E-state index is 0.0457. The predicted molar refractivity (Wildman–Crippen MR) is 83.5 cm³/mol. The smallest absolute Gasteiger partial charge is 0.101 e. The Morgan fingerprint density at radius 1 is 1.29 bits per heavy atom. The summed E-state index contributed by atoms with van der Waals surface area (Å²) in [7, 11) is 0. The van der Waals surface area contributed by atoms with Gasteiger partial charge in [-0.25, -0.2) is 0 Å². The average Bonchev–Trinajstić information content (AvgIpc) is 2.53. The highest BCUT2D eigenvalue weighted by atomic mass is 35.5. The van der Waals surface area contributed by atoms with Gasteiger partial charge in [-0.15, -0.1) is 0 Å². The maximum absolute atomic E-state index is 8.88. The van der Waals surface area contributed by atoms with Gasteiger partial charge >= 0.3 is 0 Å². The molecule has 0 radical (unpaired) electrons. The van der Waals surface area contributed by atoms with E-state index in [4.69, 9.17) is 21.6 Å². The number of ether oxygens (including phenoxy) is 1. The number of nitrogens with one attached hydrogen (secondary N) is 1. The minimum absolute atomic E-state index is 0.0457. The number of hydrogen-bond acceptors (Lipinski definition) is 3. The van der Waals surface area contributed by atoms with Crippen LogP contribution in [-0.4, -0.2) is 13.2 Å². The Kier molecular flexibility index (Phi) is 4.10. The van der Waals surface area contributed by atoms with Gasteiger partial charge in [-0.2, -0.15) is 5.26 Å². The van der Waals surface area contributed by atoms with Crippen LogP contribution in [0, 0.1) is 11.3 Å². The Morgan fingerprint density at radius 2 is 2.14 bits per heavy atom. The van der Waals surface area contributed by atoms with Crippen LogP contribution in [0.3, 0.4) is 0 Å². The van der Waals surface area contributed by atoms with E-state index in [1.165, 1.54) is 11.1 Å². The molecular weight excluding hydrogens is 284 g/mol. The van der Waals surface area contributed by atoms with E-state index < -0.39 is 0 Å². The molecule has 4 heteroatoms. The molecule has 2 aromatic carbocycles. The van der Waals surface area contributed by atoms with E-state index in [0.717, 1.165) is 18.7 Å². The van der Waals surface area contributed by atoms with Crippen LogP contribution in [0.15, 0.2) is 42.5 Å². The summed E-state index contributed by atoms with van der Waals surface area (Å²) in [6.45, 7) is 1.43. The van der Waals surface area contributed by atoms with Gasteiger partial charge in [0.05, 0.1) is 23.3 Å². The summed E-state index contributed by atoms with van der Waals surface area (Å²) in [5.41, 5.74) is 3.98. The minimum Gasteiger partial charge on any atom is -0.382 e. The van der Waals surface area contributed by atoms with E-state index in [2.05, 4.69) is 29.6 Å². The molecule has 0 aromatic heterocycles. The highest BCUT2D eigenvalue weighted by molar-refractivity contribution is 6.32. The van der Waals surface area contributed by atoms with Crippen molar-refractivity contribution in [1.29, 1.82) is 5.26 Å². The average molecular weight is 299 g/mol. The van der Waals surface area contributed by atoms with Gasteiger partial charge < -0.3 is 10.1 Å². The van der Waals surface area contributed by atoms with Gasteiger partial charge in [0.15, 0.2) is 0 Å². The second-order valence-corrected chi connectivity index (χ2v) is 5.40. The molecule has 106 valence electrons. The lowest BCUT2D eigenvalue weighted by atomic mass is 9.97. The summed E-state index contributed by atoms with van der Waals surface area (Å²) < 4.78 is 5.85. The normalized spacial score (nSPS) is 16.9. The van der Waals surface area contributed by atoms with Crippen molar-refractivity contribution in [3.8, 4) is 6.07 Å². The van der Waals surface area contributed by atoms with Gasteiger partial charge in [-0.05, 0) is 35.7 Å². The van der Waals surface area contributed by atoms with Crippen molar-refractivity contribution in [2.45, 2.75) is 12.5 Å². The van der Waals surface area contributed by atoms with Crippen LogP contribution in [0.5, 0.6) is 0 Å². The predicted octanol–water partition coefficient (Wildman–Crippen LogP) is 3.94. The molecule has 1 unspecified atom stereocenters. The fourth-order valence-corrected chi connectivity index (χ4v) is 2.79. The molecule has 0 bridgehead atoms. The zero-order valence-electron chi connectivity index (χ0n) is 11.5. The molecule has 0 amide bonds. The van der Waals surface area contributed by atoms with Crippen LogP contribution in [0.4, 0.5) is 5.69 Å². The van der Waals surface area contributed by atoms with Gasteiger partial charge in [-0.3, -0.25) is 0 Å². The summed E-state index contributed by atoms with van der Waals surface area (Å²) in [6.07, 6.45) is 1.01. The number of hydrogen-bond donors (Lipinski definition) is 1. The van der Waals surface area contributed by atoms with Crippen molar-refractivity contribution in [3.63, 3.8) is 0 Å². The SMILES string of the molecule is N#Cc1ccc(NCC2OCCc3ccccc32)cc1Cl. The molecule has 3 rings (SSSR count). The number of halogens is 1. The number of nitriles is 1. The third-order valence-corrected chi connectivity index (χ3v) is 3.99. The van der Waals surface area contributed by atoms with Crippen LogP contribution in [-0.2, 0) is 11.2 Å². The van der Waals surface area contributed by atoms with Crippen molar-refractivity contribution >= 4 is 17.3 Å². The molecule has 0 spiro atoms. The zero-order valence-corrected chi connectivity index (χ0v) is 12.2. The first-order valence-corrected chi connectivity index (χ1v) is 7.28. The van der Waals surface area contributed by atoms with Crippen molar-refractivity contribution in [1.82, 2.24) is 0 Å². The summed E-state index contributed by atoms with van der Waals surface area (Å²) in [4.78, 5) is 0. The molecular formula is C17H15ClN2O. The standard InChI is InChI=1S/C17H15ClN2O/c18-16-9-14(6-5-13(16)10-19)20-11-17-15-4-2-1-3-12(15)7-8-21-17/h1-6,9,17,20H,7-8,11H2. The summed E-state index contributed by atoms with van der Waals surface area (Å²) >= 11 is 6.04. The topological polar surface area (TPSA) is 45.0 Å². The Labute approximate surface area is 129 Å². The number of anilines is 1.